The number of thiophene rings is 1. The van der Waals surface area contributed by atoms with Gasteiger partial charge in [-0.25, -0.2) is 12.7 Å². The standard InChI is InChI=1S/C10H14BrNO4S2/c1-7-8(6-9(11)17-7)18(15,16)12(2)5-3-4-10(13)14/h6H,3-5H2,1-2H3,(H,13,14). The number of hydrogen-bond donors (Lipinski definition) is 1. The number of sulfonamides is 1. The Kier molecular flexibility index (Phi) is 5.32. The zero-order chi connectivity index (χ0) is 13.9. The molecule has 1 rings (SSSR count). The molecule has 0 saturated heterocycles. The van der Waals surface area contributed by atoms with E-state index in [4.69, 9.17) is 5.11 Å². The molecule has 1 N–H and O–H groups in total. The van der Waals surface area contributed by atoms with Crippen molar-refractivity contribution in [2.45, 2.75) is 24.7 Å². The summed E-state index contributed by atoms with van der Waals surface area (Å²) in [7, 11) is -2.07. The van der Waals surface area contributed by atoms with Gasteiger partial charge >= 0.3 is 5.97 Å². The number of carboxylic acids is 1. The van der Waals surface area contributed by atoms with Crippen LogP contribution in [0.15, 0.2) is 14.7 Å². The number of hydrogen-bond acceptors (Lipinski definition) is 4. The molecule has 18 heavy (non-hydrogen) atoms. The predicted molar refractivity (Wildman–Crippen MR) is 73.4 cm³/mol. The van der Waals surface area contributed by atoms with Crippen LogP contribution in [0.3, 0.4) is 0 Å². The lowest BCUT2D eigenvalue weighted by atomic mass is 10.3. The summed E-state index contributed by atoms with van der Waals surface area (Å²) in [5.41, 5.74) is 0. The zero-order valence-electron chi connectivity index (χ0n) is 10.0. The minimum Gasteiger partial charge on any atom is -0.481 e. The van der Waals surface area contributed by atoms with Crippen molar-refractivity contribution >= 4 is 43.3 Å². The monoisotopic (exact) mass is 355 g/mol. The topological polar surface area (TPSA) is 74.7 Å². The Balaban J connectivity index is 2.80. The fourth-order valence-corrected chi connectivity index (χ4v) is 5.02. The van der Waals surface area contributed by atoms with E-state index in [-0.39, 0.29) is 17.9 Å². The lowest BCUT2D eigenvalue weighted by Gasteiger charge is -2.16. The van der Waals surface area contributed by atoms with Crippen molar-refractivity contribution in [1.29, 1.82) is 0 Å². The largest absolute Gasteiger partial charge is 0.481 e. The average molecular weight is 356 g/mol. The maximum atomic E-state index is 12.2. The molecule has 0 aliphatic rings. The van der Waals surface area contributed by atoms with Crippen LogP contribution in [0, 0.1) is 6.92 Å². The van der Waals surface area contributed by atoms with Crippen LogP contribution in [0.2, 0.25) is 0 Å². The molecule has 0 fully saturated rings. The van der Waals surface area contributed by atoms with Crippen LogP contribution < -0.4 is 0 Å². The molecular formula is C10H14BrNO4S2. The minimum absolute atomic E-state index is 0.0355. The highest BCUT2D eigenvalue weighted by atomic mass is 79.9. The Hall–Kier alpha value is -0.440. The fourth-order valence-electron chi connectivity index (χ4n) is 1.43. The van der Waals surface area contributed by atoms with Gasteiger partial charge in [0.2, 0.25) is 10.0 Å². The van der Waals surface area contributed by atoms with Crippen LogP contribution in [0.4, 0.5) is 0 Å². The van der Waals surface area contributed by atoms with E-state index in [0.29, 0.717) is 11.3 Å². The molecule has 1 aromatic heterocycles. The second-order valence-electron chi connectivity index (χ2n) is 3.79. The number of carbonyl (C=O) groups is 1. The van der Waals surface area contributed by atoms with Crippen molar-refractivity contribution < 1.29 is 18.3 Å². The Labute approximate surface area is 119 Å². The van der Waals surface area contributed by atoms with Crippen LogP contribution in [-0.4, -0.2) is 37.4 Å². The van der Waals surface area contributed by atoms with E-state index in [1.165, 1.54) is 22.7 Å². The molecule has 1 aromatic rings. The summed E-state index contributed by atoms with van der Waals surface area (Å²) in [4.78, 5) is 11.4. The van der Waals surface area contributed by atoms with E-state index in [1.54, 1.807) is 13.0 Å². The third-order valence-corrected chi connectivity index (χ3v) is 6.06. The first-order valence-corrected chi connectivity index (χ1v) is 8.24. The van der Waals surface area contributed by atoms with Crippen LogP contribution in [0.5, 0.6) is 0 Å². The lowest BCUT2D eigenvalue weighted by molar-refractivity contribution is -0.137. The molecule has 0 spiro atoms. The number of nitrogens with zero attached hydrogens (tertiary/aromatic N) is 1. The zero-order valence-corrected chi connectivity index (χ0v) is 13.2. The number of aliphatic carboxylic acids is 1. The van der Waals surface area contributed by atoms with Gasteiger partial charge in [-0.2, -0.15) is 0 Å². The van der Waals surface area contributed by atoms with E-state index >= 15 is 0 Å². The SMILES string of the molecule is Cc1sc(Br)cc1S(=O)(=O)N(C)CCCC(=O)O. The summed E-state index contributed by atoms with van der Waals surface area (Å²) in [6.45, 7) is 1.94. The maximum absolute atomic E-state index is 12.2. The third-order valence-electron chi connectivity index (χ3n) is 2.39. The maximum Gasteiger partial charge on any atom is 0.303 e. The molecule has 0 unspecified atom stereocenters. The lowest BCUT2D eigenvalue weighted by Crippen LogP contribution is -2.28. The van der Waals surface area contributed by atoms with Crippen LogP contribution in [0.1, 0.15) is 17.7 Å². The predicted octanol–water partition coefficient (Wildman–Crippen LogP) is 2.30. The van der Waals surface area contributed by atoms with Crippen molar-refractivity contribution in [3.63, 3.8) is 0 Å². The number of halogens is 1. The summed E-state index contributed by atoms with van der Waals surface area (Å²) < 4.78 is 26.4. The molecule has 0 aliphatic heterocycles. The van der Waals surface area contributed by atoms with Crippen molar-refractivity contribution in [2.75, 3.05) is 13.6 Å². The normalized spacial score (nSPS) is 12.0. The van der Waals surface area contributed by atoms with E-state index < -0.39 is 16.0 Å². The molecule has 1 heterocycles. The Bertz CT molecular complexity index is 538. The highest BCUT2D eigenvalue weighted by molar-refractivity contribution is 9.11. The van der Waals surface area contributed by atoms with Gasteiger partial charge in [0.1, 0.15) is 0 Å². The van der Waals surface area contributed by atoms with Crippen LogP contribution >= 0.6 is 27.3 Å². The van der Waals surface area contributed by atoms with E-state index in [0.717, 1.165) is 3.79 Å². The third kappa shape index (κ3) is 3.78. The highest BCUT2D eigenvalue weighted by Crippen LogP contribution is 2.31. The smallest absolute Gasteiger partial charge is 0.303 e. The Morgan fingerprint density at radius 1 is 1.56 bits per heavy atom. The summed E-state index contributed by atoms with van der Waals surface area (Å²) in [6.07, 6.45) is 0.265. The second-order valence-corrected chi connectivity index (χ2v) is 8.44. The van der Waals surface area contributed by atoms with Gasteiger partial charge in [0, 0.05) is 24.9 Å². The summed E-state index contributed by atoms with van der Waals surface area (Å²) in [5.74, 6) is -0.921. The van der Waals surface area contributed by atoms with Crippen molar-refractivity contribution in [2.24, 2.45) is 0 Å². The minimum atomic E-state index is -3.53. The Morgan fingerprint density at radius 2 is 2.17 bits per heavy atom. The fraction of sp³-hybridized carbons (Fsp3) is 0.500. The van der Waals surface area contributed by atoms with E-state index in [1.807, 2.05) is 0 Å². The van der Waals surface area contributed by atoms with E-state index in [9.17, 15) is 13.2 Å². The van der Waals surface area contributed by atoms with Gasteiger partial charge in [0.25, 0.3) is 0 Å². The molecule has 8 heteroatoms. The summed E-state index contributed by atoms with van der Waals surface area (Å²) in [6, 6.07) is 1.57. The van der Waals surface area contributed by atoms with Gasteiger partial charge in [-0.05, 0) is 35.3 Å². The van der Waals surface area contributed by atoms with Gasteiger partial charge in [-0.3, -0.25) is 4.79 Å². The highest BCUT2D eigenvalue weighted by Gasteiger charge is 2.24. The molecule has 0 aromatic carbocycles. The molecule has 0 bridgehead atoms. The summed E-state index contributed by atoms with van der Waals surface area (Å²) in [5, 5.41) is 8.52. The van der Waals surface area contributed by atoms with Crippen molar-refractivity contribution in [3.8, 4) is 0 Å². The quantitative estimate of drug-likeness (QED) is 0.849. The Morgan fingerprint density at radius 3 is 2.61 bits per heavy atom. The van der Waals surface area contributed by atoms with Gasteiger partial charge in [0.15, 0.2) is 0 Å². The van der Waals surface area contributed by atoms with Gasteiger partial charge in [0.05, 0.1) is 8.68 Å². The van der Waals surface area contributed by atoms with Gasteiger partial charge in [-0.15, -0.1) is 11.3 Å². The first-order chi connectivity index (χ1) is 8.25. The number of aryl methyl sites for hydroxylation is 1. The molecule has 0 aliphatic carbocycles. The molecular weight excluding hydrogens is 342 g/mol. The van der Waals surface area contributed by atoms with Crippen LogP contribution in [-0.2, 0) is 14.8 Å². The first kappa shape index (κ1) is 15.6. The molecule has 102 valence electrons. The molecule has 5 nitrogen and oxygen atoms in total. The van der Waals surface area contributed by atoms with Crippen LogP contribution in [0.25, 0.3) is 0 Å². The van der Waals surface area contributed by atoms with Gasteiger partial charge in [-0.1, -0.05) is 0 Å². The van der Waals surface area contributed by atoms with Crippen molar-refractivity contribution in [3.05, 3.63) is 14.7 Å². The molecule has 0 amide bonds. The summed E-state index contributed by atoms with van der Waals surface area (Å²) >= 11 is 4.61. The van der Waals surface area contributed by atoms with Gasteiger partial charge < -0.3 is 5.11 Å². The molecule has 0 saturated carbocycles. The number of carboxylic acid groups (broad SMARTS) is 1. The van der Waals surface area contributed by atoms with Crippen molar-refractivity contribution in [1.82, 2.24) is 4.31 Å². The first-order valence-electron chi connectivity index (χ1n) is 5.19. The molecule has 0 radical (unpaired) electrons. The van der Waals surface area contributed by atoms with E-state index in [2.05, 4.69) is 15.9 Å². The second kappa shape index (κ2) is 6.14. The number of rotatable bonds is 6. The average Bonchev–Trinajstić information content (AvgIpc) is 2.57. The molecule has 0 atom stereocenters.